The van der Waals surface area contributed by atoms with Crippen LogP contribution in [0.15, 0.2) is 30.5 Å². The van der Waals surface area contributed by atoms with Crippen LogP contribution in [0, 0.1) is 0 Å². The Kier molecular flexibility index (Phi) is 3.99. The summed E-state index contributed by atoms with van der Waals surface area (Å²) in [6.07, 6.45) is 1.63. The van der Waals surface area contributed by atoms with E-state index < -0.39 is 5.97 Å². The lowest BCUT2D eigenvalue weighted by Crippen LogP contribution is -2.08. The maximum absolute atomic E-state index is 10.9. The van der Waals surface area contributed by atoms with Gasteiger partial charge in [-0.3, -0.25) is 0 Å². The summed E-state index contributed by atoms with van der Waals surface area (Å²) in [5.41, 5.74) is 6.99. The zero-order chi connectivity index (χ0) is 14.5. The fourth-order valence-electron chi connectivity index (χ4n) is 1.59. The van der Waals surface area contributed by atoms with Crippen LogP contribution in [-0.4, -0.2) is 28.2 Å². The lowest BCUT2D eigenvalue weighted by Gasteiger charge is -2.09. The predicted octanol–water partition coefficient (Wildman–Crippen LogP) is 1.38. The number of hydrogen-bond acceptors (Lipinski definition) is 6. The molecule has 0 bridgehead atoms. The predicted molar refractivity (Wildman–Crippen MR) is 73.7 cm³/mol. The van der Waals surface area contributed by atoms with Crippen LogP contribution in [0.3, 0.4) is 0 Å². The van der Waals surface area contributed by atoms with E-state index in [1.54, 1.807) is 12.3 Å². The molecule has 0 radical (unpaired) electrons. The Bertz CT molecular complexity index is 631. The number of carboxylic acid groups (broad SMARTS) is 1. The summed E-state index contributed by atoms with van der Waals surface area (Å²) in [7, 11) is 1.54. The number of aromatic carboxylic acids is 1. The number of nitrogens with zero attached hydrogens (tertiary/aromatic N) is 2. The fraction of sp³-hybridized carbons (Fsp3) is 0.154. The van der Waals surface area contributed by atoms with Crippen LogP contribution in [0.1, 0.15) is 16.1 Å². The first-order valence-corrected chi connectivity index (χ1v) is 5.82. The van der Waals surface area contributed by atoms with Crippen molar-refractivity contribution in [2.75, 3.05) is 18.2 Å². The lowest BCUT2D eigenvalue weighted by molar-refractivity contribution is 0.0690. The van der Waals surface area contributed by atoms with E-state index in [4.69, 9.17) is 15.6 Å². The second kappa shape index (κ2) is 5.87. The van der Waals surface area contributed by atoms with Gasteiger partial charge < -0.3 is 20.9 Å². The van der Waals surface area contributed by atoms with Crippen molar-refractivity contribution < 1.29 is 14.6 Å². The molecule has 0 aliphatic carbocycles. The SMILES string of the molecule is COc1cc(CNc2nc(C(=O)O)ccc2N)ccn1. The number of carboxylic acids is 1. The van der Waals surface area contributed by atoms with Crippen LogP contribution in [-0.2, 0) is 6.54 Å². The van der Waals surface area contributed by atoms with E-state index in [0.717, 1.165) is 5.56 Å². The molecule has 4 N–H and O–H groups in total. The highest BCUT2D eigenvalue weighted by Gasteiger charge is 2.08. The average molecular weight is 274 g/mol. The second-order valence-corrected chi connectivity index (χ2v) is 4.00. The molecule has 7 heteroatoms. The number of carbonyl (C=O) groups is 1. The van der Waals surface area contributed by atoms with Crippen LogP contribution in [0.5, 0.6) is 5.88 Å². The average Bonchev–Trinajstić information content (AvgIpc) is 2.46. The Balaban J connectivity index is 2.13. The summed E-state index contributed by atoms with van der Waals surface area (Å²) in [6.45, 7) is 0.430. The molecule has 20 heavy (non-hydrogen) atoms. The first-order chi connectivity index (χ1) is 9.60. The molecule has 2 heterocycles. The molecule has 0 saturated carbocycles. The van der Waals surface area contributed by atoms with Gasteiger partial charge in [0, 0.05) is 18.8 Å². The minimum Gasteiger partial charge on any atom is -0.481 e. The summed E-state index contributed by atoms with van der Waals surface area (Å²) in [5.74, 6) is -0.260. The van der Waals surface area contributed by atoms with Gasteiger partial charge in [0.15, 0.2) is 5.69 Å². The Hall–Kier alpha value is -2.83. The number of pyridine rings is 2. The Morgan fingerprint density at radius 3 is 2.95 bits per heavy atom. The summed E-state index contributed by atoms with van der Waals surface area (Å²) in [6, 6.07) is 6.45. The summed E-state index contributed by atoms with van der Waals surface area (Å²) < 4.78 is 5.02. The van der Waals surface area contributed by atoms with Crippen molar-refractivity contribution in [1.29, 1.82) is 0 Å². The molecule has 2 aromatic rings. The maximum atomic E-state index is 10.9. The van der Waals surface area contributed by atoms with E-state index >= 15 is 0 Å². The molecule has 0 unspecified atom stereocenters. The Labute approximate surface area is 115 Å². The van der Waals surface area contributed by atoms with Crippen molar-refractivity contribution in [3.05, 3.63) is 41.7 Å². The van der Waals surface area contributed by atoms with Crippen LogP contribution < -0.4 is 15.8 Å². The van der Waals surface area contributed by atoms with Crippen LogP contribution >= 0.6 is 0 Å². The number of nitrogen functional groups attached to an aromatic ring is 1. The van der Waals surface area contributed by atoms with Crippen molar-refractivity contribution in [2.45, 2.75) is 6.54 Å². The molecule has 2 rings (SSSR count). The second-order valence-electron chi connectivity index (χ2n) is 4.00. The molecule has 104 valence electrons. The van der Waals surface area contributed by atoms with Crippen molar-refractivity contribution >= 4 is 17.5 Å². The minimum absolute atomic E-state index is 0.0611. The van der Waals surface area contributed by atoms with E-state index in [9.17, 15) is 4.79 Å². The molecule has 0 aromatic carbocycles. The minimum atomic E-state index is -1.10. The third-order valence-corrected chi connectivity index (χ3v) is 2.61. The number of methoxy groups -OCH3 is 1. The van der Waals surface area contributed by atoms with Gasteiger partial charge in [-0.25, -0.2) is 14.8 Å². The molecule has 0 aliphatic heterocycles. The molecule has 0 amide bonds. The monoisotopic (exact) mass is 274 g/mol. The standard InChI is InChI=1S/C13H14N4O3/c1-20-11-6-8(4-5-15-11)7-16-12-9(14)2-3-10(17-12)13(18)19/h2-6H,7,14H2,1H3,(H,16,17)(H,18,19). The van der Waals surface area contributed by atoms with Crippen LogP contribution in [0.25, 0.3) is 0 Å². The molecule has 2 aromatic heterocycles. The van der Waals surface area contributed by atoms with E-state index in [1.807, 2.05) is 6.07 Å². The lowest BCUT2D eigenvalue weighted by atomic mass is 10.2. The van der Waals surface area contributed by atoms with Gasteiger partial charge in [0.25, 0.3) is 0 Å². The van der Waals surface area contributed by atoms with Crippen molar-refractivity contribution in [2.24, 2.45) is 0 Å². The van der Waals surface area contributed by atoms with Crippen molar-refractivity contribution in [3.8, 4) is 5.88 Å². The van der Waals surface area contributed by atoms with Gasteiger partial charge in [0.05, 0.1) is 12.8 Å². The Morgan fingerprint density at radius 2 is 2.25 bits per heavy atom. The molecular weight excluding hydrogens is 260 g/mol. The highest BCUT2D eigenvalue weighted by atomic mass is 16.5. The van der Waals surface area contributed by atoms with Crippen molar-refractivity contribution in [1.82, 2.24) is 9.97 Å². The molecule has 0 fully saturated rings. The van der Waals surface area contributed by atoms with E-state index in [2.05, 4.69) is 15.3 Å². The number of nitrogens with one attached hydrogen (secondary N) is 1. The highest BCUT2D eigenvalue weighted by Crippen LogP contribution is 2.17. The van der Waals surface area contributed by atoms with Gasteiger partial charge in [-0.15, -0.1) is 0 Å². The smallest absolute Gasteiger partial charge is 0.354 e. The number of anilines is 2. The third-order valence-electron chi connectivity index (χ3n) is 2.61. The maximum Gasteiger partial charge on any atom is 0.354 e. The molecule has 0 spiro atoms. The van der Waals surface area contributed by atoms with Gasteiger partial charge in [0.2, 0.25) is 5.88 Å². The quantitative estimate of drug-likeness (QED) is 0.755. The van der Waals surface area contributed by atoms with Gasteiger partial charge in [-0.1, -0.05) is 0 Å². The van der Waals surface area contributed by atoms with Gasteiger partial charge in [0.1, 0.15) is 5.82 Å². The largest absolute Gasteiger partial charge is 0.481 e. The van der Waals surface area contributed by atoms with Crippen LogP contribution in [0.2, 0.25) is 0 Å². The molecule has 0 atom stereocenters. The normalized spacial score (nSPS) is 10.1. The van der Waals surface area contributed by atoms with Gasteiger partial charge in [-0.2, -0.15) is 0 Å². The van der Waals surface area contributed by atoms with Gasteiger partial charge >= 0.3 is 5.97 Å². The molecule has 0 aliphatic rings. The number of rotatable bonds is 5. The summed E-state index contributed by atoms with van der Waals surface area (Å²) in [5, 5.41) is 11.9. The van der Waals surface area contributed by atoms with E-state index in [1.165, 1.54) is 19.2 Å². The number of nitrogens with two attached hydrogens (primary N) is 1. The van der Waals surface area contributed by atoms with Crippen LogP contribution in [0.4, 0.5) is 11.5 Å². The molecule has 7 nitrogen and oxygen atoms in total. The number of ether oxygens (including phenoxy) is 1. The van der Waals surface area contributed by atoms with E-state index in [0.29, 0.717) is 23.9 Å². The van der Waals surface area contributed by atoms with Gasteiger partial charge in [-0.05, 0) is 23.8 Å². The number of hydrogen-bond donors (Lipinski definition) is 3. The van der Waals surface area contributed by atoms with E-state index in [-0.39, 0.29) is 5.69 Å². The number of aromatic nitrogens is 2. The zero-order valence-corrected chi connectivity index (χ0v) is 10.8. The summed E-state index contributed by atoms with van der Waals surface area (Å²) in [4.78, 5) is 18.8. The highest BCUT2D eigenvalue weighted by molar-refractivity contribution is 5.86. The third kappa shape index (κ3) is 3.14. The Morgan fingerprint density at radius 1 is 1.45 bits per heavy atom. The first-order valence-electron chi connectivity index (χ1n) is 5.82. The summed E-state index contributed by atoms with van der Waals surface area (Å²) >= 11 is 0. The fourth-order valence-corrected chi connectivity index (χ4v) is 1.59. The first kappa shape index (κ1) is 13.6. The van der Waals surface area contributed by atoms with Crippen molar-refractivity contribution in [3.63, 3.8) is 0 Å². The topological polar surface area (TPSA) is 110 Å². The molecular formula is C13H14N4O3. The zero-order valence-electron chi connectivity index (χ0n) is 10.8. The molecule has 0 saturated heterocycles.